The standard InChI is InChI=1S/C10H7ClF3N3/c11-6-2-1-5(3-7(6)15)8-4-16-9(17-8)10(12,13)14/h1-4H,15H2,(H,16,17). The van der Waals surface area contributed by atoms with E-state index in [1.54, 1.807) is 6.07 Å². The van der Waals surface area contributed by atoms with Crippen LogP contribution in [0.5, 0.6) is 0 Å². The van der Waals surface area contributed by atoms with Gasteiger partial charge in [0.05, 0.1) is 22.6 Å². The van der Waals surface area contributed by atoms with Gasteiger partial charge in [0, 0.05) is 5.56 Å². The number of aromatic amines is 1. The van der Waals surface area contributed by atoms with Gasteiger partial charge in [-0.15, -0.1) is 0 Å². The quantitative estimate of drug-likeness (QED) is 0.774. The Bertz CT molecular complexity index is 548. The summed E-state index contributed by atoms with van der Waals surface area (Å²) in [6.45, 7) is 0. The van der Waals surface area contributed by atoms with Crippen LogP contribution in [0.25, 0.3) is 11.3 Å². The molecule has 0 spiro atoms. The van der Waals surface area contributed by atoms with Gasteiger partial charge in [-0.2, -0.15) is 13.2 Å². The molecule has 0 aliphatic rings. The summed E-state index contributed by atoms with van der Waals surface area (Å²) >= 11 is 5.72. The molecule has 0 bridgehead atoms. The third kappa shape index (κ3) is 2.36. The van der Waals surface area contributed by atoms with Crippen LogP contribution in [-0.4, -0.2) is 9.97 Å². The number of hydrogen-bond acceptors (Lipinski definition) is 2. The number of nitrogens with one attached hydrogen (secondary N) is 1. The molecule has 17 heavy (non-hydrogen) atoms. The highest BCUT2D eigenvalue weighted by molar-refractivity contribution is 6.33. The first-order valence-electron chi connectivity index (χ1n) is 4.55. The molecule has 1 heterocycles. The number of imidazole rings is 1. The van der Waals surface area contributed by atoms with Crippen LogP contribution in [0.1, 0.15) is 5.82 Å². The summed E-state index contributed by atoms with van der Waals surface area (Å²) in [7, 11) is 0. The molecule has 90 valence electrons. The molecule has 0 aliphatic heterocycles. The Hall–Kier alpha value is -1.69. The maximum absolute atomic E-state index is 12.3. The number of alkyl halides is 3. The van der Waals surface area contributed by atoms with Gasteiger partial charge in [0.25, 0.3) is 0 Å². The van der Waals surface area contributed by atoms with Crippen molar-refractivity contribution in [3.63, 3.8) is 0 Å². The van der Waals surface area contributed by atoms with Crippen molar-refractivity contribution in [3.8, 4) is 11.3 Å². The zero-order chi connectivity index (χ0) is 12.6. The number of rotatable bonds is 1. The largest absolute Gasteiger partial charge is 0.449 e. The van der Waals surface area contributed by atoms with Gasteiger partial charge in [-0.1, -0.05) is 17.7 Å². The van der Waals surface area contributed by atoms with Crippen molar-refractivity contribution in [1.29, 1.82) is 0 Å². The molecule has 0 fully saturated rings. The highest BCUT2D eigenvalue weighted by atomic mass is 35.5. The van der Waals surface area contributed by atoms with Crippen molar-refractivity contribution in [1.82, 2.24) is 9.97 Å². The summed E-state index contributed by atoms with van der Waals surface area (Å²) in [5, 5.41) is 0.351. The van der Waals surface area contributed by atoms with Gasteiger partial charge in [-0.25, -0.2) is 4.98 Å². The van der Waals surface area contributed by atoms with E-state index in [9.17, 15) is 13.2 Å². The van der Waals surface area contributed by atoms with Gasteiger partial charge in [-0.3, -0.25) is 0 Å². The molecule has 0 radical (unpaired) electrons. The van der Waals surface area contributed by atoms with E-state index in [0.717, 1.165) is 6.20 Å². The number of anilines is 1. The van der Waals surface area contributed by atoms with Crippen molar-refractivity contribution in [3.05, 3.63) is 35.2 Å². The first-order chi connectivity index (χ1) is 7.88. The summed E-state index contributed by atoms with van der Waals surface area (Å²) in [5.41, 5.74) is 6.59. The molecule has 3 nitrogen and oxygen atoms in total. The normalized spacial score (nSPS) is 11.8. The van der Waals surface area contributed by atoms with E-state index in [4.69, 9.17) is 17.3 Å². The molecule has 1 aromatic carbocycles. The van der Waals surface area contributed by atoms with E-state index in [0.29, 0.717) is 16.3 Å². The summed E-state index contributed by atoms with van der Waals surface area (Å²) in [5.74, 6) is -1.04. The zero-order valence-corrected chi connectivity index (χ0v) is 9.10. The molecular formula is C10H7ClF3N3. The Morgan fingerprint density at radius 2 is 2.00 bits per heavy atom. The van der Waals surface area contributed by atoms with Crippen LogP contribution < -0.4 is 5.73 Å². The van der Waals surface area contributed by atoms with E-state index in [2.05, 4.69) is 9.97 Å². The number of aromatic nitrogens is 2. The lowest BCUT2D eigenvalue weighted by atomic mass is 10.1. The predicted octanol–water partition coefficient (Wildman–Crippen LogP) is 3.33. The van der Waals surface area contributed by atoms with Crippen LogP contribution in [-0.2, 0) is 6.18 Å². The zero-order valence-electron chi connectivity index (χ0n) is 8.35. The molecule has 0 saturated heterocycles. The van der Waals surface area contributed by atoms with Crippen LogP contribution in [0.2, 0.25) is 5.02 Å². The van der Waals surface area contributed by atoms with Crippen LogP contribution in [0.3, 0.4) is 0 Å². The average molecular weight is 262 g/mol. The van der Waals surface area contributed by atoms with Gasteiger partial charge in [0.1, 0.15) is 0 Å². The number of hydrogen-bond donors (Lipinski definition) is 2. The number of benzene rings is 1. The molecule has 0 aliphatic carbocycles. The Morgan fingerprint density at radius 3 is 2.53 bits per heavy atom. The summed E-state index contributed by atoms with van der Waals surface area (Å²) in [4.78, 5) is 5.44. The maximum atomic E-state index is 12.3. The van der Waals surface area contributed by atoms with E-state index >= 15 is 0 Å². The van der Waals surface area contributed by atoms with E-state index < -0.39 is 12.0 Å². The number of halogens is 4. The van der Waals surface area contributed by atoms with Gasteiger partial charge >= 0.3 is 6.18 Å². The molecule has 2 aromatic rings. The van der Waals surface area contributed by atoms with Crippen molar-refractivity contribution >= 4 is 17.3 Å². The molecular weight excluding hydrogens is 255 g/mol. The van der Waals surface area contributed by atoms with Gasteiger partial charge in [0.15, 0.2) is 0 Å². The van der Waals surface area contributed by atoms with Crippen LogP contribution >= 0.6 is 11.6 Å². The summed E-state index contributed by atoms with van der Waals surface area (Å²) in [6.07, 6.45) is -3.39. The third-order valence-electron chi connectivity index (χ3n) is 2.15. The fourth-order valence-electron chi connectivity index (χ4n) is 1.32. The summed E-state index contributed by atoms with van der Waals surface area (Å²) < 4.78 is 37.0. The monoisotopic (exact) mass is 261 g/mol. The van der Waals surface area contributed by atoms with E-state index in [1.165, 1.54) is 12.1 Å². The molecule has 3 N–H and O–H groups in total. The number of nitrogens with zero attached hydrogens (tertiary/aromatic N) is 1. The number of nitrogen functional groups attached to an aromatic ring is 1. The SMILES string of the molecule is Nc1cc(-c2cnc(C(F)(F)F)[nH]2)ccc1Cl. The minimum absolute atomic E-state index is 0.237. The Balaban J connectivity index is 2.40. The molecule has 0 atom stereocenters. The van der Waals surface area contributed by atoms with Gasteiger partial charge in [0.2, 0.25) is 5.82 Å². The fourth-order valence-corrected chi connectivity index (χ4v) is 1.44. The van der Waals surface area contributed by atoms with Gasteiger partial charge in [-0.05, 0) is 12.1 Å². The Labute approximate surface area is 99.4 Å². The topological polar surface area (TPSA) is 54.7 Å². The lowest BCUT2D eigenvalue weighted by molar-refractivity contribution is -0.144. The lowest BCUT2D eigenvalue weighted by Crippen LogP contribution is -2.07. The number of nitrogens with two attached hydrogens (primary N) is 1. The second-order valence-corrected chi connectivity index (χ2v) is 3.79. The molecule has 7 heteroatoms. The first-order valence-corrected chi connectivity index (χ1v) is 4.93. The second-order valence-electron chi connectivity index (χ2n) is 3.38. The highest BCUT2D eigenvalue weighted by Crippen LogP contribution is 2.30. The Morgan fingerprint density at radius 1 is 1.29 bits per heavy atom. The summed E-state index contributed by atoms with van der Waals surface area (Å²) in [6, 6.07) is 4.56. The molecule has 0 unspecified atom stereocenters. The number of H-pyrrole nitrogens is 1. The third-order valence-corrected chi connectivity index (χ3v) is 2.50. The van der Waals surface area contributed by atoms with Crippen molar-refractivity contribution < 1.29 is 13.2 Å². The lowest BCUT2D eigenvalue weighted by Gasteiger charge is -2.02. The maximum Gasteiger partial charge on any atom is 0.449 e. The second kappa shape index (κ2) is 3.96. The smallest absolute Gasteiger partial charge is 0.398 e. The minimum atomic E-state index is -4.49. The van der Waals surface area contributed by atoms with Crippen molar-refractivity contribution in [2.75, 3.05) is 5.73 Å². The van der Waals surface area contributed by atoms with Crippen molar-refractivity contribution in [2.24, 2.45) is 0 Å². The van der Waals surface area contributed by atoms with Crippen LogP contribution in [0.4, 0.5) is 18.9 Å². The van der Waals surface area contributed by atoms with Crippen molar-refractivity contribution in [2.45, 2.75) is 6.18 Å². The molecule has 2 rings (SSSR count). The highest BCUT2D eigenvalue weighted by Gasteiger charge is 2.34. The fraction of sp³-hybridized carbons (Fsp3) is 0.100. The Kier molecular flexibility index (Phi) is 2.74. The predicted molar refractivity (Wildman–Crippen MR) is 58.4 cm³/mol. The minimum Gasteiger partial charge on any atom is -0.398 e. The van der Waals surface area contributed by atoms with Gasteiger partial charge < -0.3 is 10.7 Å². The average Bonchev–Trinajstić information content (AvgIpc) is 2.70. The van der Waals surface area contributed by atoms with E-state index in [1.807, 2.05) is 0 Å². The molecule has 0 amide bonds. The molecule has 0 saturated carbocycles. The van der Waals surface area contributed by atoms with Crippen LogP contribution in [0, 0.1) is 0 Å². The van der Waals surface area contributed by atoms with E-state index in [-0.39, 0.29) is 5.69 Å². The molecule has 1 aromatic heterocycles. The first kappa shape index (κ1) is 11.8. The van der Waals surface area contributed by atoms with Crippen LogP contribution in [0.15, 0.2) is 24.4 Å².